The first kappa shape index (κ1) is 23.2. The van der Waals surface area contributed by atoms with E-state index in [1.165, 1.54) is 23.5 Å². The van der Waals surface area contributed by atoms with Crippen molar-refractivity contribution in [3.05, 3.63) is 78.4 Å². The van der Waals surface area contributed by atoms with Crippen molar-refractivity contribution in [2.45, 2.75) is 0 Å². The van der Waals surface area contributed by atoms with Crippen LogP contribution in [0, 0.1) is 0 Å². The van der Waals surface area contributed by atoms with Gasteiger partial charge in [0.1, 0.15) is 10.8 Å². The molecule has 2 heterocycles. The molecule has 0 atom stereocenters. The van der Waals surface area contributed by atoms with Crippen LogP contribution >= 0.6 is 11.3 Å². The number of thiazole rings is 1. The van der Waals surface area contributed by atoms with E-state index in [4.69, 9.17) is 14.0 Å². The van der Waals surface area contributed by atoms with Crippen LogP contribution in [0.15, 0.2) is 78.4 Å². The minimum atomic E-state index is -4.53. The van der Waals surface area contributed by atoms with E-state index in [1.54, 1.807) is 38.7 Å². The highest BCUT2D eigenvalue weighted by atomic mass is 32.3. The lowest BCUT2D eigenvalue weighted by molar-refractivity contribution is 0.355. The van der Waals surface area contributed by atoms with Gasteiger partial charge in [-0.1, -0.05) is 6.07 Å². The zero-order valence-electron chi connectivity index (χ0n) is 17.2. The minimum absolute atomic E-state index is 0.0200. The molecule has 0 amide bonds. The highest BCUT2D eigenvalue weighted by Gasteiger charge is 2.11. The Hall–Kier alpha value is -3.47. The number of methoxy groups -OCH3 is 2. The van der Waals surface area contributed by atoms with Crippen molar-refractivity contribution >= 4 is 21.7 Å². The predicted molar refractivity (Wildman–Crippen MR) is 123 cm³/mol. The average Bonchev–Trinajstić information content (AvgIpc) is 3.30. The Bertz CT molecular complexity index is 1220. The quantitative estimate of drug-likeness (QED) is 0.400. The first-order valence-corrected chi connectivity index (χ1v) is 11.4. The van der Waals surface area contributed by atoms with E-state index in [9.17, 15) is 8.42 Å². The summed E-state index contributed by atoms with van der Waals surface area (Å²) >= 11 is 1.47. The van der Waals surface area contributed by atoms with E-state index in [1.807, 2.05) is 41.8 Å². The van der Waals surface area contributed by atoms with Crippen molar-refractivity contribution in [1.29, 1.82) is 0 Å². The summed E-state index contributed by atoms with van der Waals surface area (Å²) in [5, 5.41) is 2.70. The Labute approximate surface area is 190 Å². The number of pyridine rings is 1. The molecule has 0 unspecified atom stereocenters. The summed E-state index contributed by atoms with van der Waals surface area (Å²) in [4.78, 5) is 8.38. The Morgan fingerprint density at radius 3 is 2.06 bits per heavy atom. The van der Waals surface area contributed by atoms with Crippen LogP contribution in [0.3, 0.4) is 0 Å². The first-order valence-electron chi connectivity index (χ1n) is 9.20. The van der Waals surface area contributed by atoms with Gasteiger partial charge < -0.3 is 13.7 Å². The second-order valence-electron chi connectivity index (χ2n) is 6.17. The van der Waals surface area contributed by atoms with E-state index in [0.29, 0.717) is 11.5 Å². The van der Waals surface area contributed by atoms with Gasteiger partial charge in [-0.05, 0) is 54.6 Å². The number of ether oxygens (including phenoxy) is 2. The molecule has 0 spiro atoms. The second kappa shape index (κ2) is 10.7. The van der Waals surface area contributed by atoms with E-state index < -0.39 is 10.4 Å². The van der Waals surface area contributed by atoms with Gasteiger partial charge in [0.05, 0.1) is 19.9 Å². The van der Waals surface area contributed by atoms with Gasteiger partial charge in [0, 0.05) is 28.9 Å². The topological polar surface area (TPSA) is 108 Å². The predicted octanol–water partition coefficient (Wildman–Crippen LogP) is 4.76. The number of aromatic nitrogens is 2. The maximum Gasteiger partial charge on any atom is 0.446 e. The molecule has 0 bridgehead atoms. The van der Waals surface area contributed by atoms with E-state index in [0.717, 1.165) is 21.8 Å². The molecule has 0 saturated heterocycles. The molecular formula is C22H20N2O6S2. The summed E-state index contributed by atoms with van der Waals surface area (Å²) in [5.41, 5.74) is 2.42. The number of nitrogens with zero attached hydrogens (tertiary/aromatic N) is 2. The third-order valence-electron chi connectivity index (χ3n) is 4.05. The van der Waals surface area contributed by atoms with Crippen LogP contribution in [0.25, 0.3) is 21.8 Å². The Balaban J connectivity index is 0.000000416. The molecule has 2 aromatic heterocycles. The lowest BCUT2D eigenvalue weighted by Crippen LogP contribution is -2.06. The smallest absolute Gasteiger partial charge is 0.446 e. The molecule has 8 nitrogen and oxygen atoms in total. The van der Waals surface area contributed by atoms with Crippen molar-refractivity contribution in [2.24, 2.45) is 0 Å². The second-order valence-corrected chi connectivity index (χ2v) is 8.05. The molecular weight excluding hydrogens is 452 g/mol. The van der Waals surface area contributed by atoms with Crippen LogP contribution in [0.2, 0.25) is 0 Å². The zero-order chi connectivity index (χ0) is 23.0. The van der Waals surface area contributed by atoms with Crippen molar-refractivity contribution in [3.8, 4) is 39.1 Å². The molecule has 10 heteroatoms. The molecule has 0 fully saturated rings. The van der Waals surface area contributed by atoms with E-state index >= 15 is 0 Å². The van der Waals surface area contributed by atoms with E-state index in [-0.39, 0.29) is 5.75 Å². The zero-order valence-corrected chi connectivity index (χ0v) is 18.8. The molecule has 4 rings (SSSR count). The van der Waals surface area contributed by atoms with Gasteiger partial charge in [-0.3, -0.25) is 9.54 Å². The normalized spacial score (nSPS) is 10.6. The molecule has 0 aliphatic carbocycles. The fourth-order valence-electron chi connectivity index (χ4n) is 2.62. The first-order chi connectivity index (χ1) is 15.4. The third kappa shape index (κ3) is 6.51. The van der Waals surface area contributed by atoms with Crippen LogP contribution in [-0.2, 0) is 10.4 Å². The lowest BCUT2D eigenvalue weighted by atomic mass is 10.1. The molecule has 0 aliphatic heterocycles. The van der Waals surface area contributed by atoms with Crippen LogP contribution in [0.5, 0.6) is 17.2 Å². The van der Waals surface area contributed by atoms with Gasteiger partial charge in [0.2, 0.25) is 0 Å². The van der Waals surface area contributed by atoms with Crippen molar-refractivity contribution in [1.82, 2.24) is 9.97 Å². The summed E-state index contributed by atoms with van der Waals surface area (Å²) in [6, 6.07) is 17.5. The van der Waals surface area contributed by atoms with Gasteiger partial charge in [0.15, 0.2) is 11.5 Å². The van der Waals surface area contributed by atoms with Gasteiger partial charge in [-0.25, -0.2) is 4.98 Å². The highest BCUT2D eigenvalue weighted by Crippen LogP contribution is 2.35. The summed E-state index contributed by atoms with van der Waals surface area (Å²) < 4.78 is 45.1. The third-order valence-corrected chi connectivity index (χ3v) is 5.35. The number of benzene rings is 2. The average molecular weight is 473 g/mol. The maximum absolute atomic E-state index is 10.7. The van der Waals surface area contributed by atoms with Gasteiger partial charge in [0.25, 0.3) is 0 Å². The molecule has 2 aromatic carbocycles. The molecule has 0 radical (unpaired) electrons. The largest absolute Gasteiger partial charge is 0.493 e. The SMILES string of the molecule is COc1ccc(-c2nc(-c3ccc(OS(=O)(=O)O)cc3)cs2)cc1OC.c1ccncc1. The van der Waals surface area contributed by atoms with Crippen molar-refractivity contribution in [2.75, 3.05) is 14.2 Å². The number of rotatable bonds is 6. The molecule has 0 aliphatic rings. The number of hydrogen-bond donors (Lipinski definition) is 1. The summed E-state index contributed by atoms with van der Waals surface area (Å²) in [5.74, 6) is 1.28. The fraction of sp³-hybridized carbons (Fsp3) is 0.0909. The summed E-state index contributed by atoms with van der Waals surface area (Å²) in [6.07, 6.45) is 3.50. The Morgan fingerprint density at radius 2 is 1.53 bits per heavy atom. The van der Waals surface area contributed by atoms with E-state index in [2.05, 4.69) is 14.2 Å². The molecule has 4 aromatic rings. The summed E-state index contributed by atoms with van der Waals surface area (Å²) in [7, 11) is -1.38. The molecule has 166 valence electrons. The minimum Gasteiger partial charge on any atom is -0.493 e. The van der Waals surface area contributed by atoms with Crippen molar-refractivity contribution in [3.63, 3.8) is 0 Å². The van der Waals surface area contributed by atoms with Gasteiger partial charge in [-0.15, -0.1) is 11.3 Å². The van der Waals surface area contributed by atoms with Gasteiger partial charge in [-0.2, -0.15) is 8.42 Å². The highest BCUT2D eigenvalue weighted by molar-refractivity contribution is 7.81. The lowest BCUT2D eigenvalue weighted by Gasteiger charge is -2.08. The van der Waals surface area contributed by atoms with Crippen LogP contribution in [0.1, 0.15) is 0 Å². The standard InChI is InChI=1S/C17H15NO6S2.C5H5N/c1-22-15-8-5-12(9-16(15)23-2)17-18-14(10-25-17)11-3-6-13(7-4-11)24-26(19,20)21;1-2-4-6-5-3-1/h3-10H,1-2H3,(H,19,20,21);1-5H. The summed E-state index contributed by atoms with van der Waals surface area (Å²) in [6.45, 7) is 0. The number of hydrogen-bond acceptors (Lipinski definition) is 8. The Morgan fingerprint density at radius 1 is 0.875 bits per heavy atom. The monoisotopic (exact) mass is 472 g/mol. The molecule has 1 N–H and O–H groups in total. The molecule has 0 saturated carbocycles. The molecule has 32 heavy (non-hydrogen) atoms. The van der Waals surface area contributed by atoms with Gasteiger partial charge >= 0.3 is 10.4 Å². The Kier molecular flexibility index (Phi) is 7.77. The maximum atomic E-state index is 10.7. The van der Waals surface area contributed by atoms with Crippen molar-refractivity contribution < 1.29 is 26.6 Å². The fourth-order valence-corrected chi connectivity index (χ4v) is 3.80. The van der Waals surface area contributed by atoms with Crippen LogP contribution in [-0.4, -0.2) is 37.2 Å². The van der Waals surface area contributed by atoms with Crippen LogP contribution in [0.4, 0.5) is 0 Å². The van der Waals surface area contributed by atoms with Crippen LogP contribution < -0.4 is 13.7 Å².